The molecule has 1 amide bonds. The van der Waals surface area contributed by atoms with Crippen LogP contribution in [-0.2, 0) is 14.6 Å². The van der Waals surface area contributed by atoms with Crippen LogP contribution in [0, 0.1) is 0 Å². The van der Waals surface area contributed by atoms with Crippen molar-refractivity contribution >= 4 is 16.2 Å². The van der Waals surface area contributed by atoms with Gasteiger partial charge in [0.2, 0.25) is 0 Å². The van der Waals surface area contributed by atoms with E-state index in [-0.39, 0.29) is 11.5 Å². The van der Waals surface area contributed by atoms with Gasteiger partial charge in [0, 0.05) is 13.1 Å². The average molecular weight is 162 g/mol. The maximum atomic E-state index is 10.8. The largest absolute Gasteiger partial charge is 0.332 e. The molecular weight excluding hydrogens is 154 g/mol. The standard InChI is InChI=1S/C5H8NO3S/c7-5-6-1-3-10(8,9)4-2-6/h1-4H2. The van der Waals surface area contributed by atoms with Crippen LogP contribution in [0.2, 0.25) is 0 Å². The number of amides is 1. The molecule has 0 aromatic rings. The van der Waals surface area contributed by atoms with Gasteiger partial charge in [-0.2, -0.15) is 0 Å². The van der Waals surface area contributed by atoms with E-state index in [0.717, 1.165) is 0 Å². The first-order chi connectivity index (χ1) is 4.64. The van der Waals surface area contributed by atoms with E-state index < -0.39 is 9.84 Å². The van der Waals surface area contributed by atoms with Gasteiger partial charge in [-0.1, -0.05) is 0 Å². The molecule has 57 valence electrons. The fraction of sp³-hybridized carbons (Fsp3) is 0.800. The second-order valence-corrected chi connectivity index (χ2v) is 4.53. The Balaban J connectivity index is 2.54. The Kier molecular flexibility index (Phi) is 1.94. The van der Waals surface area contributed by atoms with Crippen molar-refractivity contribution in [1.29, 1.82) is 0 Å². The number of nitrogens with zero attached hydrogens (tertiary/aromatic N) is 1. The molecular formula is C5H8NO3S. The van der Waals surface area contributed by atoms with E-state index in [1.54, 1.807) is 6.41 Å². The highest BCUT2D eigenvalue weighted by Crippen LogP contribution is 2.00. The van der Waals surface area contributed by atoms with Crippen LogP contribution in [0.4, 0.5) is 0 Å². The first kappa shape index (κ1) is 7.53. The van der Waals surface area contributed by atoms with Crippen molar-refractivity contribution in [2.75, 3.05) is 24.6 Å². The summed E-state index contributed by atoms with van der Waals surface area (Å²) in [6.45, 7) is 0.595. The highest BCUT2D eigenvalue weighted by molar-refractivity contribution is 7.91. The Bertz CT molecular complexity index is 207. The van der Waals surface area contributed by atoms with Gasteiger partial charge in [-0.25, -0.2) is 8.42 Å². The quantitative estimate of drug-likeness (QED) is 0.486. The van der Waals surface area contributed by atoms with Gasteiger partial charge in [0.15, 0.2) is 9.84 Å². The highest BCUT2D eigenvalue weighted by Gasteiger charge is 2.20. The van der Waals surface area contributed by atoms with Crippen LogP contribution >= 0.6 is 0 Å². The smallest absolute Gasteiger partial charge is 0.312 e. The third-order valence-corrected chi connectivity index (χ3v) is 3.08. The Morgan fingerprint density at radius 1 is 1.20 bits per heavy atom. The highest BCUT2D eigenvalue weighted by atomic mass is 32.2. The summed E-state index contributed by atoms with van der Waals surface area (Å²) in [5, 5.41) is 0. The summed E-state index contributed by atoms with van der Waals surface area (Å²) in [5.74, 6) is 0.171. The molecule has 1 fully saturated rings. The van der Waals surface area contributed by atoms with Gasteiger partial charge in [-0.15, -0.1) is 0 Å². The summed E-state index contributed by atoms with van der Waals surface area (Å²) in [6.07, 6.45) is 1.66. The molecule has 1 saturated heterocycles. The van der Waals surface area contributed by atoms with Crippen LogP contribution < -0.4 is 0 Å². The number of rotatable bonds is 1. The Morgan fingerprint density at radius 3 is 2.10 bits per heavy atom. The molecule has 10 heavy (non-hydrogen) atoms. The maximum absolute atomic E-state index is 10.8. The van der Waals surface area contributed by atoms with E-state index in [0.29, 0.717) is 13.1 Å². The van der Waals surface area contributed by atoms with Crippen molar-refractivity contribution in [1.82, 2.24) is 4.90 Å². The summed E-state index contributed by atoms with van der Waals surface area (Å²) < 4.78 is 21.5. The Hall–Kier alpha value is -0.580. The van der Waals surface area contributed by atoms with Crippen molar-refractivity contribution in [2.24, 2.45) is 0 Å². The monoisotopic (exact) mass is 162 g/mol. The normalized spacial score (nSPS) is 24.2. The lowest BCUT2D eigenvalue weighted by atomic mass is 10.5. The van der Waals surface area contributed by atoms with Crippen molar-refractivity contribution in [3.8, 4) is 0 Å². The van der Waals surface area contributed by atoms with Gasteiger partial charge in [-0.05, 0) is 0 Å². The summed E-state index contributed by atoms with van der Waals surface area (Å²) in [6, 6.07) is 0. The van der Waals surface area contributed by atoms with Crippen LogP contribution in [0.5, 0.6) is 0 Å². The molecule has 1 aliphatic rings. The number of hydrogen-bond acceptors (Lipinski definition) is 3. The summed E-state index contributed by atoms with van der Waals surface area (Å²) in [5.41, 5.74) is 0. The van der Waals surface area contributed by atoms with Gasteiger partial charge < -0.3 is 4.90 Å². The van der Waals surface area contributed by atoms with Gasteiger partial charge in [0.1, 0.15) is 0 Å². The first-order valence-electron chi connectivity index (χ1n) is 2.97. The van der Waals surface area contributed by atoms with Crippen LogP contribution in [0.3, 0.4) is 0 Å². The second kappa shape index (κ2) is 2.57. The van der Waals surface area contributed by atoms with Crippen LogP contribution in [-0.4, -0.2) is 44.3 Å². The molecule has 0 aliphatic carbocycles. The molecule has 0 bridgehead atoms. The minimum atomic E-state index is -2.85. The predicted molar refractivity (Wildman–Crippen MR) is 35.9 cm³/mol. The van der Waals surface area contributed by atoms with Gasteiger partial charge >= 0.3 is 6.41 Å². The number of sulfone groups is 1. The maximum Gasteiger partial charge on any atom is 0.312 e. The molecule has 1 aliphatic heterocycles. The average Bonchev–Trinajstić information content (AvgIpc) is 1.88. The minimum absolute atomic E-state index is 0.0856. The molecule has 0 aromatic heterocycles. The van der Waals surface area contributed by atoms with Gasteiger partial charge in [-0.3, -0.25) is 4.79 Å². The number of carbonyl (C=O) groups excluding carboxylic acids is 1. The third-order valence-electron chi connectivity index (χ3n) is 1.47. The van der Waals surface area contributed by atoms with Crippen molar-refractivity contribution in [3.63, 3.8) is 0 Å². The molecule has 1 radical (unpaired) electrons. The van der Waals surface area contributed by atoms with E-state index in [1.807, 2.05) is 0 Å². The summed E-state index contributed by atoms with van der Waals surface area (Å²) >= 11 is 0. The van der Waals surface area contributed by atoms with E-state index in [1.165, 1.54) is 4.90 Å². The van der Waals surface area contributed by atoms with Crippen molar-refractivity contribution < 1.29 is 13.2 Å². The van der Waals surface area contributed by atoms with E-state index >= 15 is 0 Å². The Morgan fingerprint density at radius 2 is 1.70 bits per heavy atom. The molecule has 0 aromatic carbocycles. The Labute approximate surface area is 59.7 Å². The topological polar surface area (TPSA) is 54.5 Å². The zero-order valence-corrected chi connectivity index (χ0v) is 6.23. The number of hydrogen-bond donors (Lipinski definition) is 0. The van der Waals surface area contributed by atoms with Crippen LogP contribution in [0.25, 0.3) is 0 Å². The first-order valence-corrected chi connectivity index (χ1v) is 4.79. The molecule has 1 rings (SSSR count). The van der Waals surface area contributed by atoms with Crippen molar-refractivity contribution in [3.05, 3.63) is 0 Å². The molecule has 0 spiro atoms. The molecule has 0 saturated carbocycles. The van der Waals surface area contributed by atoms with E-state index in [4.69, 9.17) is 0 Å². The lowest BCUT2D eigenvalue weighted by molar-refractivity contribution is 0.399. The van der Waals surface area contributed by atoms with Crippen LogP contribution in [0.15, 0.2) is 0 Å². The molecule has 0 N–H and O–H groups in total. The fourth-order valence-electron chi connectivity index (χ4n) is 0.804. The minimum Gasteiger partial charge on any atom is -0.332 e. The van der Waals surface area contributed by atoms with Gasteiger partial charge in [0.05, 0.1) is 11.5 Å². The SMILES string of the molecule is O=[C]N1CCS(=O)(=O)CC1. The summed E-state index contributed by atoms with van der Waals surface area (Å²) in [7, 11) is -2.85. The van der Waals surface area contributed by atoms with Crippen molar-refractivity contribution in [2.45, 2.75) is 0 Å². The molecule has 0 unspecified atom stereocenters. The molecule has 1 heterocycles. The molecule has 5 heteroatoms. The lowest BCUT2D eigenvalue weighted by Crippen LogP contribution is -2.39. The van der Waals surface area contributed by atoms with E-state index in [2.05, 4.69) is 0 Å². The van der Waals surface area contributed by atoms with Gasteiger partial charge in [0.25, 0.3) is 0 Å². The van der Waals surface area contributed by atoms with Crippen LogP contribution in [0.1, 0.15) is 0 Å². The second-order valence-electron chi connectivity index (χ2n) is 2.23. The zero-order valence-electron chi connectivity index (χ0n) is 5.41. The predicted octanol–water partition coefficient (Wildman–Crippen LogP) is -1.22. The lowest BCUT2D eigenvalue weighted by Gasteiger charge is -2.20. The fourth-order valence-corrected chi connectivity index (χ4v) is 2.00. The summed E-state index contributed by atoms with van der Waals surface area (Å²) in [4.78, 5) is 11.3. The third kappa shape index (κ3) is 1.70. The van der Waals surface area contributed by atoms with E-state index in [9.17, 15) is 13.2 Å². The zero-order chi connectivity index (χ0) is 7.61. The molecule has 0 atom stereocenters. The molecule has 4 nitrogen and oxygen atoms in total.